The molecule has 1 N–H and O–H groups in total. The molecule has 0 bridgehead atoms. The summed E-state index contributed by atoms with van der Waals surface area (Å²) < 4.78 is 0. The molecule has 0 aliphatic rings. The SMILES string of the molecule is CC(=O)/C=C(/C)O.CCCCc1c[c-]c(-c2nccc3ccccc23)cc1.[Ir]. The Labute approximate surface area is 180 Å². The number of aliphatic hydroxyl groups excluding tert-OH is 1. The van der Waals surface area contributed by atoms with Crippen LogP contribution in [0.25, 0.3) is 22.0 Å². The quantitative estimate of drug-likeness (QED) is 0.237. The van der Waals surface area contributed by atoms with Crippen molar-refractivity contribution in [2.45, 2.75) is 40.0 Å². The first-order chi connectivity index (χ1) is 13.0. The van der Waals surface area contributed by atoms with Crippen LogP contribution in [0.15, 0.2) is 66.6 Å². The molecule has 0 atom stereocenters. The predicted octanol–water partition coefficient (Wildman–Crippen LogP) is 6.08. The van der Waals surface area contributed by atoms with E-state index in [1.54, 1.807) is 0 Å². The van der Waals surface area contributed by atoms with E-state index in [9.17, 15) is 4.79 Å². The third kappa shape index (κ3) is 7.38. The Morgan fingerprint density at radius 3 is 2.46 bits per heavy atom. The predicted molar refractivity (Wildman–Crippen MR) is 112 cm³/mol. The molecule has 3 nitrogen and oxygen atoms in total. The second kappa shape index (κ2) is 12.2. The van der Waals surface area contributed by atoms with Gasteiger partial charge in [-0.25, -0.2) is 0 Å². The number of allylic oxidation sites excluding steroid dienone is 2. The van der Waals surface area contributed by atoms with Gasteiger partial charge >= 0.3 is 0 Å². The second-order valence-corrected chi connectivity index (χ2v) is 6.49. The minimum Gasteiger partial charge on any atom is -0.512 e. The fourth-order valence-electron chi connectivity index (χ4n) is 2.77. The topological polar surface area (TPSA) is 50.2 Å². The maximum absolute atomic E-state index is 10.0. The molecule has 0 spiro atoms. The van der Waals surface area contributed by atoms with Gasteiger partial charge in [-0.15, -0.1) is 35.4 Å². The summed E-state index contributed by atoms with van der Waals surface area (Å²) in [6.45, 7) is 5.07. The molecule has 3 rings (SSSR count). The fraction of sp³-hybridized carbons (Fsp3) is 0.250. The molecule has 1 aromatic heterocycles. The van der Waals surface area contributed by atoms with Crippen LogP contribution in [0, 0.1) is 6.07 Å². The summed E-state index contributed by atoms with van der Waals surface area (Å²) >= 11 is 0. The summed E-state index contributed by atoms with van der Waals surface area (Å²) in [5.74, 6) is -0.0625. The van der Waals surface area contributed by atoms with E-state index in [1.807, 2.05) is 6.20 Å². The Kier molecular flexibility index (Phi) is 10.4. The number of carbonyl (C=O) groups excluding carboxylic acids is 1. The molecule has 28 heavy (non-hydrogen) atoms. The summed E-state index contributed by atoms with van der Waals surface area (Å²) in [6.07, 6.45) is 6.64. The number of aliphatic hydroxyl groups is 1. The minimum absolute atomic E-state index is 0. The average molecular weight is 553 g/mol. The van der Waals surface area contributed by atoms with Gasteiger partial charge in [0.25, 0.3) is 0 Å². The van der Waals surface area contributed by atoms with E-state index in [4.69, 9.17) is 5.11 Å². The summed E-state index contributed by atoms with van der Waals surface area (Å²) in [7, 11) is 0. The van der Waals surface area contributed by atoms with Gasteiger partial charge < -0.3 is 10.1 Å². The van der Waals surface area contributed by atoms with Gasteiger partial charge in [-0.05, 0) is 36.4 Å². The Morgan fingerprint density at radius 2 is 1.89 bits per heavy atom. The number of fused-ring (bicyclic) bond motifs is 1. The van der Waals surface area contributed by atoms with Crippen LogP contribution in [0.2, 0.25) is 0 Å². The summed E-state index contributed by atoms with van der Waals surface area (Å²) in [6, 6.07) is 20.2. The summed E-state index contributed by atoms with van der Waals surface area (Å²) in [5.41, 5.74) is 3.45. The van der Waals surface area contributed by atoms with E-state index in [2.05, 4.69) is 66.5 Å². The third-order valence-electron chi connectivity index (χ3n) is 4.04. The molecule has 0 saturated heterocycles. The smallest absolute Gasteiger partial charge is 0.155 e. The van der Waals surface area contributed by atoms with Crippen LogP contribution < -0.4 is 0 Å². The molecule has 0 amide bonds. The zero-order chi connectivity index (χ0) is 19.6. The van der Waals surface area contributed by atoms with Crippen LogP contribution in [0.5, 0.6) is 0 Å². The molecule has 1 radical (unpaired) electrons. The number of unbranched alkanes of at least 4 members (excludes halogenated alkanes) is 1. The number of hydrogen-bond acceptors (Lipinski definition) is 3. The maximum atomic E-state index is 10.0. The van der Waals surface area contributed by atoms with Crippen LogP contribution >= 0.6 is 0 Å². The molecule has 4 heteroatoms. The van der Waals surface area contributed by atoms with Crippen molar-refractivity contribution in [2.75, 3.05) is 0 Å². The van der Waals surface area contributed by atoms with E-state index in [1.165, 1.54) is 49.1 Å². The Hall–Kier alpha value is -2.29. The van der Waals surface area contributed by atoms with Gasteiger partial charge in [-0.2, -0.15) is 0 Å². The number of pyridine rings is 1. The molecule has 1 heterocycles. The van der Waals surface area contributed by atoms with Crippen molar-refractivity contribution in [2.24, 2.45) is 0 Å². The van der Waals surface area contributed by atoms with E-state index in [0.717, 1.165) is 17.7 Å². The fourth-order valence-corrected chi connectivity index (χ4v) is 2.77. The van der Waals surface area contributed by atoms with Crippen molar-refractivity contribution in [3.8, 4) is 11.3 Å². The molecule has 3 aromatic rings. The molecule has 0 saturated carbocycles. The normalized spacial score (nSPS) is 10.6. The Morgan fingerprint density at radius 1 is 1.14 bits per heavy atom. The van der Waals surface area contributed by atoms with Crippen molar-refractivity contribution in [3.63, 3.8) is 0 Å². The number of aromatic nitrogens is 1. The summed E-state index contributed by atoms with van der Waals surface area (Å²) in [5, 5.41) is 10.8. The molecule has 149 valence electrons. The van der Waals surface area contributed by atoms with Gasteiger partial charge in [-0.1, -0.05) is 50.5 Å². The number of nitrogens with zero attached hydrogens (tertiary/aromatic N) is 1. The molecule has 2 aromatic carbocycles. The number of hydrogen-bond donors (Lipinski definition) is 1. The monoisotopic (exact) mass is 553 g/mol. The van der Waals surface area contributed by atoms with Gasteiger partial charge in [0.15, 0.2) is 5.78 Å². The van der Waals surface area contributed by atoms with E-state index < -0.39 is 0 Å². The van der Waals surface area contributed by atoms with E-state index >= 15 is 0 Å². The Balaban J connectivity index is 0.000000425. The zero-order valence-corrected chi connectivity index (χ0v) is 18.9. The zero-order valence-electron chi connectivity index (χ0n) is 16.5. The third-order valence-corrected chi connectivity index (χ3v) is 4.04. The van der Waals surface area contributed by atoms with Crippen molar-refractivity contribution in [1.82, 2.24) is 4.98 Å². The van der Waals surface area contributed by atoms with E-state index in [-0.39, 0.29) is 31.6 Å². The first-order valence-electron chi connectivity index (χ1n) is 9.23. The van der Waals surface area contributed by atoms with Crippen molar-refractivity contribution in [3.05, 3.63) is 78.2 Å². The first kappa shape index (κ1) is 23.7. The first-order valence-corrected chi connectivity index (χ1v) is 9.23. The molecule has 0 fully saturated rings. The van der Waals surface area contributed by atoms with Crippen LogP contribution in [-0.2, 0) is 31.3 Å². The van der Waals surface area contributed by atoms with Crippen LogP contribution in [-0.4, -0.2) is 15.9 Å². The van der Waals surface area contributed by atoms with Gasteiger partial charge in [0, 0.05) is 32.4 Å². The number of carbonyl (C=O) groups is 1. The summed E-state index contributed by atoms with van der Waals surface area (Å²) in [4.78, 5) is 14.6. The van der Waals surface area contributed by atoms with Crippen LogP contribution in [0.1, 0.15) is 39.2 Å². The number of ketones is 1. The van der Waals surface area contributed by atoms with E-state index in [0.29, 0.717) is 0 Å². The van der Waals surface area contributed by atoms with Gasteiger partial charge in [-0.3, -0.25) is 4.79 Å². The Bertz CT molecular complexity index is 908. The van der Waals surface area contributed by atoms with Crippen molar-refractivity contribution < 1.29 is 30.0 Å². The molecule has 0 aliphatic carbocycles. The average Bonchev–Trinajstić information content (AvgIpc) is 2.66. The van der Waals surface area contributed by atoms with Gasteiger partial charge in [0.05, 0.1) is 5.76 Å². The number of rotatable bonds is 5. The maximum Gasteiger partial charge on any atom is 0.155 e. The van der Waals surface area contributed by atoms with Crippen LogP contribution in [0.3, 0.4) is 0 Å². The van der Waals surface area contributed by atoms with Crippen molar-refractivity contribution in [1.29, 1.82) is 0 Å². The van der Waals surface area contributed by atoms with Crippen LogP contribution in [0.4, 0.5) is 0 Å². The second-order valence-electron chi connectivity index (χ2n) is 6.49. The van der Waals surface area contributed by atoms with Gasteiger partial charge in [0.1, 0.15) is 0 Å². The molecule has 0 unspecified atom stereocenters. The number of aryl methyl sites for hydroxylation is 1. The van der Waals surface area contributed by atoms with Gasteiger partial charge in [0.2, 0.25) is 0 Å². The largest absolute Gasteiger partial charge is 0.512 e. The van der Waals surface area contributed by atoms with Crippen molar-refractivity contribution >= 4 is 16.6 Å². The standard InChI is InChI=1S/C19H18N.C5H8O2.Ir/c1-2-3-6-15-9-11-17(12-10-15)19-18-8-5-4-7-16(18)13-14-20-19;1-4(6)3-5(2)7;/h4-5,7-11,13-14H,2-3,6H2,1H3;3,6H,1-2H3;/q-1;;/b;4-3-;. The molecular formula is C24H26IrNO2-. The minimum atomic E-state index is -0.125. The number of benzene rings is 2. The molecule has 0 aliphatic heterocycles. The molecular weight excluding hydrogens is 526 g/mol.